The second-order valence-corrected chi connectivity index (χ2v) is 7.03. The molecule has 7 unspecified atom stereocenters. The molecule has 2 saturated carbocycles. The van der Waals surface area contributed by atoms with Gasteiger partial charge in [0.25, 0.3) is 0 Å². The Morgan fingerprint density at radius 2 is 2.14 bits per heavy atom. The van der Waals surface area contributed by atoms with Gasteiger partial charge in [0.15, 0.2) is 5.60 Å². The normalized spacial score (nSPS) is 56.5. The molecule has 2 saturated heterocycles. The smallest absolute Gasteiger partial charge is 0.333 e. The Bertz CT molecular complexity index is 611. The first kappa shape index (κ1) is 12.2. The fraction of sp³-hybridized carbons (Fsp3) is 0.733. The first-order valence-corrected chi connectivity index (χ1v) is 7.48. The molecule has 3 aliphatic heterocycles. The Morgan fingerprint density at radius 1 is 1.33 bits per heavy atom. The quantitative estimate of drug-likeness (QED) is 0.510. The highest BCUT2D eigenvalue weighted by atomic mass is 16.7. The van der Waals surface area contributed by atoms with Crippen LogP contribution in [0.4, 0.5) is 0 Å². The van der Waals surface area contributed by atoms with Crippen molar-refractivity contribution in [1.82, 2.24) is 0 Å². The zero-order chi connectivity index (χ0) is 14.6. The van der Waals surface area contributed by atoms with E-state index in [0.717, 1.165) is 24.8 Å². The van der Waals surface area contributed by atoms with Crippen molar-refractivity contribution in [1.29, 1.82) is 0 Å². The number of hydrogen-bond donors (Lipinski definition) is 1. The van der Waals surface area contributed by atoms with Gasteiger partial charge in [0.1, 0.15) is 12.2 Å². The number of aliphatic hydroxyl groups excluding tert-OH is 1. The summed E-state index contributed by atoms with van der Waals surface area (Å²) in [6.07, 6.45) is 2.03. The molecule has 7 atom stereocenters. The highest BCUT2D eigenvalue weighted by Crippen LogP contribution is 2.67. The largest absolute Gasteiger partial charge is 0.459 e. The Kier molecular flexibility index (Phi) is 1.93. The van der Waals surface area contributed by atoms with E-state index in [-0.39, 0.29) is 23.9 Å². The minimum Gasteiger partial charge on any atom is -0.459 e. The molecule has 21 heavy (non-hydrogen) atoms. The third kappa shape index (κ3) is 1.16. The summed E-state index contributed by atoms with van der Waals surface area (Å²) in [5.74, 6) is -0.632. The van der Waals surface area contributed by atoms with Gasteiger partial charge in [-0.2, -0.15) is 0 Å². The average Bonchev–Trinajstić information content (AvgIpc) is 3.11. The van der Waals surface area contributed by atoms with E-state index in [4.69, 9.17) is 14.2 Å². The van der Waals surface area contributed by atoms with Crippen molar-refractivity contribution in [3.63, 3.8) is 0 Å². The van der Waals surface area contributed by atoms with Gasteiger partial charge in [0, 0.05) is 12.0 Å². The summed E-state index contributed by atoms with van der Waals surface area (Å²) in [5, 5.41) is 10.2. The number of aliphatic hydroxyl groups is 1. The van der Waals surface area contributed by atoms with Crippen LogP contribution in [0, 0.1) is 17.3 Å². The van der Waals surface area contributed by atoms with Crippen LogP contribution in [-0.2, 0) is 23.8 Å². The van der Waals surface area contributed by atoms with Crippen molar-refractivity contribution in [3.8, 4) is 0 Å². The second-order valence-electron chi connectivity index (χ2n) is 7.03. The third-order valence-electron chi connectivity index (χ3n) is 6.15. The number of ether oxygens (including phenoxy) is 3. The van der Waals surface area contributed by atoms with Crippen molar-refractivity contribution in [3.05, 3.63) is 11.6 Å². The van der Waals surface area contributed by atoms with E-state index in [1.165, 1.54) is 6.08 Å². The molecule has 4 fully saturated rings. The van der Waals surface area contributed by atoms with Crippen molar-refractivity contribution in [2.24, 2.45) is 17.3 Å². The van der Waals surface area contributed by atoms with Crippen LogP contribution < -0.4 is 0 Å². The highest BCUT2D eigenvalue weighted by Gasteiger charge is 2.80. The molecule has 2 aliphatic carbocycles. The fourth-order valence-electron chi connectivity index (χ4n) is 5.17. The molecule has 5 rings (SSSR count). The summed E-state index contributed by atoms with van der Waals surface area (Å²) < 4.78 is 16.3. The van der Waals surface area contributed by atoms with Crippen LogP contribution in [0.2, 0.25) is 0 Å². The van der Waals surface area contributed by atoms with Gasteiger partial charge in [-0.05, 0) is 31.3 Å². The molecule has 6 nitrogen and oxygen atoms in total. The Morgan fingerprint density at radius 3 is 2.95 bits per heavy atom. The number of esters is 2. The molecule has 112 valence electrons. The maximum absolute atomic E-state index is 12.3. The maximum Gasteiger partial charge on any atom is 0.333 e. The van der Waals surface area contributed by atoms with E-state index in [1.807, 2.05) is 6.92 Å². The highest BCUT2D eigenvalue weighted by molar-refractivity contribution is 5.86. The van der Waals surface area contributed by atoms with E-state index >= 15 is 0 Å². The van der Waals surface area contributed by atoms with Crippen LogP contribution in [-0.4, -0.2) is 41.1 Å². The van der Waals surface area contributed by atoms with E-state index in [2.05, 4.69) is 0 Å². The molecule has 5 aliphatic rings. The van der Waals surface area contributed by atoms with Crippen LogP contribution in [0.5, 0.6) is 0 Å². The van der Waals surface area contributed by atoms with E-state index in [1.54, 1.807) is 0 Å². The van der Waals surface area contributed by atoms with Crippen LogP contribution in [0.1, 0.15) is 26.2 Å². The summed E-state index contributed by atoms with van der Waals surface area (Å²) in [4.78, 5) is 24.0. The molecule has 3 heterocycles. The zero-order valence-corrected chi connectivity index (χ0v) is 11.6. The summed E-state index contributed by atoms with van der Waals surface area (Å²) in [6, 6.07) is 0. The van der Waals surface area contributed by atoms with Gasteiger partial charge in [-0.1, -0.05) is 6.42 Å². The Hall–Kier alpha value is -1.40. The summed E-state index contributed by atoms with van der Waals surface area (Å²) >= 11 is 0. The third-order valence-corrected chi connectivity index (χ3v) is 6.15. The topological polar surface area (TPSA) is 85.4 Å². The second kappa shape index (κ2) is 3.33. The first-order valence-electron chi connectivity index (χ1n) is 7.48. The van der Waals surface area contributed by atoms with Crippen LogP contribution in [0.15, 0.2) is 11.6 Å². The van der Waals surface area contributed by atoms with Crippen LogP contribution >= 0.6 is 0 Å². The lowest BCUT2D eigenvalue weighted by molar-refractivity contribution is -0.177. The SMILES string of the molecule is CC12CCCC3C4=CC(=O)OC(O)C45OC5C(OC1=O)C32. The molecule has 1 N–H and O–H groups in total. The number of carbonyl (C=O) groups excluding carboxylic acids is 2. The lowest BCUT2D eigenvalue weighted by atomic mass is 9.55. The standard InChI is InChI=1S/C15H16O6/c1-14-4-2-3-6-7-5-8(16)19-13(18)15(7)11(21-15)10(9(6)14)20-12(14)17/h5-6,9-11,13,18H,2-4H2,1H3. The van der Waals surface area contributed by atoms with E-state index < -0.39 is 29.4 Å². The first-order chi connectivity index (χ1) is 9.98. The summed E-state index contributed by atoms with van der Waals surface area (Å²) in [6.45, 7) is 1.96. The summed E-state index contributed by atoms with van der Waals surface area (Å²) in [5.41, 5.74) is -0.664. The molecule has 0 aromatic carbocycles. The van der Waals surface area contributed by atoms with Crippen molar-refractivity contribution in [2.75, 3.05) is 0 Å². The predicted molar refractivity (Wildman–Crippen MR) is 66.6 cm³/mol. The molecular weight excluding hydrogens is 276 g/mol. The number of cyclic esters (lactones) is 1. The van der Waals surface area contributed by atoms with Gasteiger partial charge >= 0.3 is 11.9 Å². The molecule has 6 heteroatoms. The predicted octanol–water partition coefficient (Wildman–Crippen LogP) is 0.287. The number of carbonyl (C=O) groups is 2. The van der Waals surface area contributed by atoms with Gasteiger partial charge in [0.05, 0.1) is 5.41 Å². The summed E-state index contributed by atoms with van der Waals surface area (Å²) in [7, 11) is 0. The number of fused-ring (bicyclic) bond motifs is 2. The van der Waals surface area contributed by atoms with Gasteiger partial charge in [-0.15, -0.1) is 0 Å². The lowest BCUT2D eigenvalue weighted by Crippen LogP contribution is -2.55. The van der Waals surface area contributed by atoms with E-state index in [0.29, 0.717) is 0 Å². The monoisotopic (exact) mass is 292 g/mol. The number of epoxide rings is 1. The van der Waals surface area contributed by atoms with E-state index in [9.17, 15) is 14.7 Å². The van der Waals surface area contributed by atoms with Gasteiger partial charge in [0.2, 0.25) is 6.29 Å². The Balaban J connectivity index is 1.69. The molecule has 0 radical (unpaired) electrons. The molecule has 1 spiro atoms. The lowest BCUT2D eigenvalue weighted by Gasteiger charge is -2.46. The van der Waals surface area contributed by atoms with Crippen molar-refractivity contribution in [2.45, 2.75) is 50.3 Å². The molecule has 0 aromatic rings. The van der Waals surface area contributed by atoms with Gasteiger partial charge in [-0.25, -0.2) is 4.79 Å². The number of hydrogen-bond acceptors (Lipinski definition) is 6. The molecule has 0 amide bonds. The van der Waals surface area contributed by atoms with Crippen LogP contribution in [0.3, 0.4) is 0 Å². The van der Waals surface area contributed by atoms with Crippen LogP contribution in [0.25, 0.3) is 0 Å². The maximum atomic E-state index is 12.3. The minimum absolute atomic E-state index is 0.0312. The number of rotatable bonds is 0. The van der Waals surface area contributed by atoms with Crippen molar-refractivity contribution >= 4 is 11.9 Å². The Labute approximate surface area is 121 Å². The van der Waals surface area contributed by atoms with Crippen molar-refractivity contribution < 1.29 is 28.9 Å². The minimum atomic E-state index is -1.30. The fourth-order valence-corrected chi connectivity index (χ4v) is 5.17. The molecular formula is C15H16O6. The molecule has 0 bridgehead atoms. The average molecular weight is 292 g/mol. The van der Waals surface area contributed by atoms with Gasteiger partial charge < -0.3 is 19.3 Å². The van der Waals surface area contributed by atoms with Gasteiger partial charge in [-0.3, -0.25) is 4.79 Å². The molecule has 0 aromatic heterocycles. The zero-order valence-electron chi connectivity index (χ0n) is 11.6.